The summed E-state index contributed by atoms with van der Waals surface area (Å²) in [6, 6.07) is 8.02. The minimum absolute atomic E-state index is 0.163. The zero-order valence-corrected chi connectivity index (χ0v) is 21.8. The van der Waals surface area contributed by atoms with E-state index in [1.54, 1.807) is 30.3 Å². The summed E-state index contributed by atoms with van der Waals surface area (Å²) < 4.78 is 5.79. The van der Waals surface area contributed by atoms with Crippen molar-refractivity contribution in [1.29, 1.82) is 0 Å². The second-order valence-electron chi connectivity index (χ2n) is 7.99. The smallest absolute Gasteiger partial charge is 0.261 e. The molecule has 2 amide bonds. The summed E-state index contributed by atoms with van der Waals surface area (Å²) in [5.41, 5.74) is 2.43. The Labute approximate surface area is 211 Å². The lowest BCUT2D eigenvalue weighted by molar-refractivity contribution is -0.143. The maximum absolute atomic E-state index is 13.3. The zero-order chi connectivity index (χ0) is 24.5. The Morgan fingerprint density at radius 3 is 2.30 bits per heavy atom. The van der Waals surface area contributed by atoms with Crippen LogP contribution in [0.25, 0.3) is 0 Å². The number of nitrogens with zero attached hydrogens (tertiary/aromatic N) is 1. The molecule has 1 unspecified atom stereocenters. The van der Waals surface area contributed by atoms with E-state index in [2.05, 4.69) is 12.2 Å². The molecule has 0 saturated carbocycles. The average Bonchev–Trinajstić information content (AvgIpc) is 2.77. The van der Waals surface area contributed by atoms with Gasteiger partial charge in [-0.3, -0.25) is 9.59 Å². The van der Waals surface area contributed by atoms with Gasteiger partial charge in [-0.05, 0) is 67.6 Å². The van der Waals surface area contributed by atoms with Gasteiger partial charge in [-0.15, -0.1) is 0 Å². The minimum atomic E-state index is -0.654. The highest BCUT2D eigenvalue weighted by Gasteiger charge is 2.29. The molecule has 0 fully saturated rings. The molecule has 33 heavy (non-hydrogen) atoms. The first kappa shape index (κ1) is 27.3. The predicted octanol–water partition coefficient (Wildman–Crippen LogP) is 6.37. The molecule has 1 atom stereocenters. The third-order valence-electron chi connectivity index (χ3n) is 5.34. The van der Waals surface area contributed by atoms with Crippen LogP contribution in [0.2, 0.25) is 15.1 Å². The van der Waals surface area contributed by atoms with Gasteiger partial charge in [0.2, 0.25) is 5.91 Å². The number of carbonyl (C=O) groups is 2. The lowest BCUT2D eigenvalue weighted by Gasteiger charge is -2.31. The molecule has 1 N–H and O–H groups in total. The molecule has 0 bridgehead atoms. The Morgan fingerprint density at radius 2 is 1.73 bits per heavy atom. The van der Waals surface area contributed by atoms with Crippen molar-refractivity contribution < 1.29 is 14.3 Å². The van der Waals surface area contributed by atoms with Crippen LogP contribution in [0.1, 0.15) is 49.8 Å². The van der Waals surface area contributed by atoms with Crippen LogP contribution >= 0.6 is 34.8 Å². The normalized spacial score (nSPS) is 11.7. The first-order chi connectivity index (χ1) is 15.7. The van der Waals surface area contributed by atoms with Gasteiger partial charge in [0.05, 0.1) is 0 Å². The van der Waals surface area contributed by atoms with Crippen molar-refractivity contribution >= 4 is 46.6 Å². The number of unbranched alkanes of at least 4 members (excludes halogenated alkanes) is 1. The molecule has 0 heterocycles. The van der Waals surface area contributed by atoms with E-state index in [9.17, 15) is 9.59 Å². The third kappa shape index (κ3) is 7.80. The van der Waals surface area contributed by atoms with E-state index in [-0.39, 0.29) is 25.0 Å². The Morgan fingerprint density at radius 1 is 1.06 bits per heavy atom. The number of halogens is 3. The number of hydrogen-bond acceptors (Lipinski definition) is 3. The van der Waals surface area contributed by atoms with Crippen molar-refractivity contribution in [3.63, 3.8) is 0 Å². The molecule has 2 rings (SSSR count). The second kappa shape index (κ2) is 13.1. The van der Waals surface area contributed by atoms with Gasteiger partial charge in [0.1, 0.15) is 11.8 Å². The van der Waals surface area contributed by atoms with Crippen LogP contribution in [0.4, 0.5) is 0 Å². The average molecular weight is 514 g/mol. The Hall–Kier alpha value is -1.95. The van der Waals surface area contributed by atoms with Crippen molar-refractivity contribution in [1.82, 2.24) is 10.2 Å². The first-order valence-corrected chi connectivity index (χ1v) is 12.2. The Balaban J connectivity index is 2.25. The number of amides is 2. The molecule has 5 nitrogen and oxygen atoms in total. The molecule has 180 valence electrons. The summed E-state index contributed by atoms with van der Waals surface area (Å²) >= 11 is 18.6. The molecule has 0 aliphatic heterocycles. The van der Waals surface area contributed by atoms with Crippen molar-refractivity contribution in [2.24, 2.45) is 0 Å². The van der Waals surface area contributed by atoms with Gasteiger partial charge in [-0.25, -0.2) is 0 Å². The van der Waals surface area contributed by atoms with Gasteiger partial charge < -0.3 is 15.0 Å². The van der Waals surface area contributed by atoms with Crippen LogP contribution in [-0.2, 0) is 16.1 Å². The number of hydrogen-bond donors (Lipinski definition) is 1. The third-order valence-corrected chi connectivity index (χ3v) is 6.53. The molecule has 0 spiro atoms. The van der Waals surface area contributed by atoms with E-state index in [0.717, 1.165) is 24.0 Å². The number of carbonyl (C=O) groups excluding carboxylic acids is 2. The highest BCUT2D eigenvalue weighted by atomic mass is 35.5. The SMILES string of the molecule is CCCCNC(=O)C(CC)N(Cc1ccc(Cl)cc1Cl)C(=O)COc1cc(C)c(Cl)c(C)c1. The number of aryl methyl sites for hydroxylation is 2. The first-order valence-electron chi connectivity index (χ1n) is 11.1. The second-order valence-corrected chi connectivity index (χ2v) is 9.21. The van der Waals surface area contributed by atoms with Crippen LogP contribution in [0, 0.1) is 13.8 Å². The van der Waals surface area contributed by atoms with Crippen molar-refractivity contribution in [3.05, 3.63) is 62.1 Å². The fourth-order valence-electron chi connectivity index (χ4n) is 3.48. The number of ether oxygens (including phenoxy) is 1. The van der Waals surface area contributed by atoms with Gasteiger partial charge in [0.25, 0.3) is 5.91 Å². The molecule has 0 aliphatic rings. The quantitative estimate of drug-likeness (QED) is 0.355. The maximum Gasteiger partial charge on any atom is 0.261 e. The topological polar surface area (TPSA) is 58.6 Å². The highest BCUT2D eigenvalue weighted by molar-refractivity contribution is 6.35. The molecule has 2 aromatic rings. The summed E-state index contributed by atoms with van der Waals surface area (Å²) in [4.78, 5) is 27.7. The molecule has 0 radical (unpaired) electrons. The number of nitrogens with one attached hydrogen (secondary N) is 1. The molecular formula is C25H31Cl3N2O3. The molecular weight excluding hydrogens is 483 g/mol. The standard InChI is InChI=1S/C25H31Cl3N2O3/c1-5-7-10-29-25(32)22(6-2)30(14-18-8-9-19(26)13-21(18)27)23(31)15-33-20-11-16(3)24(28)17(4)12-20/h8-9,11-13,22H,5-7,10,14-15H2,1-4H3,(H,29,32). The van der Waals surface area contributed by atoms with Crippen molar-refractivity contribution in [2.75, 3.05) is 13.2 Å². The van der Waals surface area contributed by atoms with Crippen molar-refractivity contribution in [2.45, 2.75) is 59.5 Å². The zero-order valence-electron chi connectivity index (χ0n) is 19.5. The largest absolute Gasteiger partial charge is 0.484 e. The highest BCUT2D eigenvalue weighted by Crippen LogP contribution is 2.27. The van der Waals surface area contributed by atoms with Gasteiger partial charge in [0.15, 0.2) is 6.61 Å². The van der Waals surface area contributed by atoms with E-state index in [1.165, 1.54) is 4.90 Å². The van der Waals surface area contributed by atoms with E-state index < -0.39 is 6.04 Å². The van der Waals surface area contributed by atoms with Crippen LogP contribution in [0.5, 0.6) is 5.75 Å². The van der Waals surface area contributed by atoms with E-state index in [0.29, 0.717) is 39.3 Å². The Bertz CT molecular complexity index is 958. The fraction of sp³-hybridized carbons (Fsp3) is 0.440. The summed E-state index contributed by atoms with van der Waals surface area (Å²) in [5, 5.41) is 4.54. The van der Waals surface area contributed by atoms with E-state index in [1.807, 2.05) is 20.8 Å². The van der Waals surface area contributed by atoms with Crippen LogP contribution in [-0.4, -0.2) is 35.9 Å². The monoisotopic (exact) mass is 512 g/mol. The molecule has 0 aromatic heterocycles. The lowest BCUT2D eigenvalue weighted by Crippen LogP contribution is -2.50. The van der Waals surface area contributed by atoms with E-state index >= 15 is 0 Å². The molecule has 0 saturated heterocycles. The maximum atomic E-state index is 13.3. The molecule has 8 heteroatoms. The molecule has 0 aliphatic carbocycles. The summed E-state index contributed by atoms with van der Waals surface area (Å²) in [5.74, 6) is 0.0407. The number of benzene rings is 2. The Kier molecular flexibility index (Phi) is 10.8. The summed E-state index contributed by atoms with van der Waals surface area (Å²) in [6.45, 7) is 8.20. The van der Waals surface area contributed by atoms with Gasteiger partial charge in [-0.2, -0.15) is 0 Å². The fourth-order valence-corrected chi connectivity index (χ4v) is 4.05. The van der Waals surface area contributed by atoms with Crippen molar-refractivity contribution in [3.8, 4) is 5.75 Å². The summed E-state index contributed by atoms with van der Waals surface area (Å²) in [6.07, 6.45) is 2.29. The van der Waals surface area contributed by atoms with Crippen LogP contribution in [0.3, 0.4) is 0 Å². The van der Waals surface area contributed by atoms with Gasteiger partial charge in [-0.1, -0.05) is 61.1 Å². The van der Waals surface area contributed by atoms with Gasteiger partial charge in [0, 0.05) is 28.2 Å². The van der Waals surface area contributed by atoms with Crippen LogP contribution in [0.15, 0.2) is 30.3 Å². The molecule has 2 aromatic carbocycles. The van der Waals surface area contributed by atoms with Gasteiger partial charge >= 0.3 is 0 Å². The van der Waals surface area contributed by atoms with E-state index in [4.69, 9.17) is 39.5 Å². The predicted molar refractivity (Wildman–Crippen MR) is 135 cm³/mol. The number of rotatable bonds is 11. The lowest BCUT2D eigenvalue weighted by atomic mass is 10.1. The van der Waals surface area contributed by atoms with Crippen LogP contribution < -0.4 is 10.1 Å². The minimum Gasteiger partial charge on any atom is -0.484 e. The summed E-state index contributed by atoms with van der Waals surface area (Å²) in [7, 11) is 0.